The summed E-state index contributed by atoms with van der Waals surface area (Å²) in [5.74, 6) is 2.00. The molecule has 0 amide bonds. The Labute approximate surface area is 149 Å². The van der Waals surface area contributed by atoms with Crippen LogP contribution in [0.5, 0.6) is 0 Å². The highest BCUT2D eigenvalue weighted by molar-refractivity contribution is 8.76. The molecule has 0 spiro atoms. The van der Waals surface area contributed by atoms with Gasteiger partial charge in [0.1, 0.15) is 0 Å². The van der Waals surface area contributed by atoms with Gasteiger partial charge in [0.25, 0.3) is 0 Å². The Hall–Kier alpha value is -0.300. The SMILES string of the molecule is Cc1nn(CCSSCCn2nc(C)c(Cl)c2C)c(C)c1Cl. The fourth-order valence-corrected chi connectivity index (χ4v) is 4.31. The van der Waals surface area contributed by atoms with E-state index in [-0.39, 0.29) is 0 Å². The highest BCUT2D eigenvalue weighted by Gasteiger charge is 2.09. The van der Waals surface area contributed by atoms with Gasteiger partial charge in [-0.25, -0.2) is 0 Å². The third-order valence-electron chi connectivity index (χ3n) is 3.44. The lowest BCUT2D eigenvalue weighted by molar-refractivity contribution is 0.640. The van der Waals surface area contributed by atoms with Gasteiger partial charge in [-0.1, -0.05) is 44.8 Å². The molecule has 22 heavy (non-hydrogen) atoms. The average molecular weight is 379 g/mol. The zero-order chi connectivity index (χ0) is 16.3. The molecule has 0 saturated carbocycles. The molecule has 8 heteroatoms. The summed E-state index contributed by atoms with van der Waals surface area (Å²) in [5.41, 5.74) is 3.89. The van der Waals surface area contributed by atoms with E-state index in [0.717, 1.165) is 57.4 Å². The highest BCUT2D eigenvalue weighted by atomic mass is 35.5. The number of aromatic nitrogens is 4. The van der Waals surface area contributed by atoms with E-state index in [1.807, 2.05) is 58.6 Å². The van der Waals surface area contributed by atoms with Crippen LogP contribution in [0.1, 0.15) is 22.8 Å². The van der Waals surface area contributed by atoms with Crippen molar-refractivity contribution >= 4 is 44.8 Å². The minimum absolute atomic E-state index is 0.777. The van der Waals surface area contributed by atoms with Crippen LogP contribution >= 0.6 is 44.8 Å². The predicted octanol–water partition coefficient (Wildman–Crippen LogP) is 4.70. The van der Waals surface area contributed by atoms with Crippen molar-refractivity contribution in [2.24, 2.45) is 0 Å². The molecule has 0 radical (unpaired) electrons. The topological polar surface area (TPSA) is 35.6 Å². The zero-order valence-electron chi connectivity index (χ0n) is 13.2. The Balaban J connectivity index is 1.69. The van der Waals surface area contributed by atoms with Crippen LogP contribution in [0, 0.1) is 27.7 Å². The van der Waals surface area contributed by atoms with E-state index < -0.39 is 0 Å². The molecule has 0 unspecified atom stereocenters. The Morgan fingerprint density at radius 3 is 1.41 bits per heavy atom. The van der Waals surface area contributed by atoms with E-state index in [9.17, 15) is 0 Å². The van der Waals surface area contributed by atoms with Gasteiger partial charge in [0.2, 0.25) is 0 Å². The first kappa shape index (κ1) is 18.0. The fourth-order valence-electron chi connectivity index (χ4n) is 2.15. The molecule has 4 nitrogen and oxygen atoms in total. The number of hydrogen-bond acceptors (Lipinski definition) is 4. The number of rotatable bonds is 7. The lowest BCUT2D eigenvalue weighted by atomic mass is 10.4. The van der Waals surface area contributed by atoms with Gasteiger partial charge in [0.15, 0.2) is 0 Å². The molecule has 2 aromatic rings. The van der Waals surface area contributed by atoms with E-state index in [4.69, 9.17) is 23.2 Å². The minimum atomic E-state index is 0.777. The number of hydrogen-bond donors (Lipinski definition) is 0. The largest absolute Gasteiger partial charge is 0.267 e. The molecule has 0 aliphatic rings. The second-order valence-corrected chi connectivity index (χ2v) is 8.52. The summed E-state index contributed by atoms with van der Waals surface area (Å²) in [6.07, 6.45) is 0. The lowest BCUT2D eigenvalue weighted by Crippen LogP contribution is -2.05. The third kappa shape index (κ3) is 4.16. The smallest absolute Gasteiger partial charge is 0.0844 e. The van der Waals surface area contributed by atoms with Crippen LogP contribution in [0.4, 0.5) is 0 Å². The van der Waals surface area contributed by atoms with Gasteiger partial charge < -0.3 is 0 Å². The van der Waals surface area contributed by atoms with Crippen LogP contribution in [0.25, 0.3) is 0 Å². The maximum Gasteiger partial charge on any atom is 0.0844 e. The van der Waals surface area contributed by atoms with Crippen molar-refractivity contribution in [1.82, 2.24) is 19.6 Å². The molecule has 0 N–H and O–H groups in total. The summed E-state index contributed by atoms with van der Waals surface area (Å²) < 4.78 is 3.96. The zero-order valence-corrected chi connectivity index (χ0v) is 16.3. The van der Waals surface area contributed by atoms with Gasteiger partial charge >= 0.3 is 0 Å². The molecule has 2 rings (SSSR count). The molecule has 2 heterocycles. The fraction of sp³-hybridized carbons (Fsp3) is 0.571. The molecule has 0 atom stereocenters. The van der Waals surface area contributed by atoms with Crippen molar-refractivity contribution < 1.29 is 0 Å². The average Bonchev–Trinajstić information content (AvgIpc) is 2.88. The highest BCUT2D eigenvalue weighted by Crippen LogP contribution is 2.25. The predicted molar refractivity (Wildman–Crippen MR) is 98.3 cm³/mol. The molecular formula is C14H20Cl2N4S2. The standard InChI is InChI=1S/C14H20Cl2N4S2/c1-9-13(15)11(3)19(17-9)5-7-21-22-8-6-20-12(4)14(16)10(2)18-20/h5-8H2,1-4H3. The summed E-state index contributed by atoms with van der Waals surface area (Å²) in [6, 6.07) is 0. The molecule has 0 aromatic carbocycles. The monoisotopic (exact) mass is 378 g/mol. The van der Waals surface area contributed by atoms with Gasteiger partial charge in [-0.3, -0.25) is 9.36 Å². The Morgan fingerprint density at radius 2 is 1.14 bits per heavy atom. The van der Waals surface area contributed by atoms with Gasteiger partial charge in [-0.2, -0.15) is 10.2 Å². The van der Waals surface area contributed by atoms with Crippen LogP contribution in [0.3, 0.4) is 0 Å². The van der Waals surface area contributed by atoms with Crippen LogP contribution < -0.4 is 0 Å². The van der Waals surface area contributed by atoms with Crippen molar-refractivity contribution in [1.29, 1.82) is 0 Å². The quantitative estimate of drug-likeness (QED) is 0.516. The second kappa shape index (κ2) is 7.99. The summed E-state index contributed by atoms with van der Waals surface area (Å²) >= 11 is 12.3. The van der Waals surface area contributed by atoms with Crippen LogP contribution in [0.15, 0.2) is 0 Å². The Morgan fingerprint density at radius 1 is 0.773 bits per heavy atom. The maximum atomic E-state index is 6.14. The summed E-state index contributed by atoms with van der Waals surface area (Å²) in [4.78, 5) is 0. The number of aryl methyl sites for hydroxylation is 4. The van der Waals surface area contributed by atoms with Crippen molar-refractivity contribution in [3.8, 4) is 0 Å². The minimum Gasteiger partial charge on any atom is -0.267 e. The first-order valence-electron chi connectivity index (χ1n) is 7.05. The van der Waals surface area contributed by atoms with Gasteiger partial charge in [0.05, 0.1) is 45.9 Å². The Bertz CT molecular complexity index is 596. The van der Waals surface area contributed by atoms with Crippen molar-refractivity contribution in [3.05, 3.63) is 32.8 Å². The van der Waals surface area contributed by atoms with E-state index in [2.05, 4.69) is 10.2 Å². The molecule has 0 fully saturated rings. The first-order chi connectivity index (χ1) is 10.4. The molecule has 122 valence electrons. The van der Waals surface area contributed by atoms with Crippen molar-refractivity contribution in [3.63, 3.8) is 0 Å². The summed E-state index contributed by atoms with van der Waals surface area (Å²) in [6.45, 7) is 9.64. The van der Waals surface area contributed by atoms with Gasteiger partial charge in [-0.05, 0) is 27.7 Å². The Kier molecular flexibility index (Phi) is 6.56. The lowest BCUT2D eigenvalue weighted by Gasteiger charge is -2.05. The van der Waals surface area contributed by atoms with E-state index in [1.165, 1.54) is 0 Å². The normalized spacial score (nSPS) is 11.4. The summed E-state index contributed by atoms with van der Waals surface area (Å²) in [7, 11) is 3.69. The number of nitrogens with zero attached hydrogens (tertiary/aromatic N) is 4. The molecular weight excluding hydrogens is 359 g/mol. The van der Waals surface area contributed by atoms with E-state index >= 15 is 0 Å². The van der Waals surface area contributed by atoms with Crippen molar-refractivity contribution in [2.75, 3.05) is 11.5 Å². The van der Waals surface area contributed by atoms with E-state index in [1.54, 1.807) is 0 Å². The van der Waals surface area contributed by atoms with Gasteiger partial charge in [0, 0.05) is 11.5 Å². The van der Waals surface area contributed by atoms with Crippen LogP contribution in [0.2, 0.25) is 10.0 Å². The summed E-state index contributed by atoms with van der Waals surface area (Å²) in [5, 5.41) is 10.4. The number of halogens is 2. The molecule has 0 saturated heterocycles. The molecule has 0 bridgehead atoms. The van der Waals surface area contributed by atoms with Crippen molar-refractivity contribution in [2.45, 2.75) is 40.8 Å². The third-order valence-corrected chi connectivity index (χ3v) is 6.90. The molecule has 2 aromatic heterocycles. The molecule has 0 aliphatic carbocycles. The van der Waals surface area contributed by atoms with Crippen LogP contribution in [-0.2, 0) is 13.1 Å². The van der Waals surface area contributed by atoms with E-state index in [0.29, 0.717) is 0 Å². The maximum absolute atomic E-state index is 6.14. The molecule has 0 aliphatic heterocycles. The van der Waals surface area contributed by atoms with Gasteiger partial charge in [-0.15, -0.1) is 0 Å². The second-order valence-electron chi connectivity index (χ2n) is 5.06. The first-order valence-corrected chi connectivity index (χ1v) is 10.3. The van der Waals surface area contributed by atoms with Crippen LogP contribution in [-0.4, -0.2) is 31.1 Å².